The minimum atomic E-state index is -3.47. The molecule has 0 bridgehead atoms. The minimum absolute atomic E-state index is 0.0187. The number of hydrogen-bond acceptors (Lipinski definition) is 5. The number of nitrogens with zero attached hydrogens (tertiary/aromatic N) is 1. The number of carbonyl (C=O) groups is 1. The van der Waals surface area contributed by atoms with Gasteiger partial charge >= 0.3 is 0 Å². The van der Waals surface area contributed by atoms with Gasteiger partial charge in [-0.25, -0.2) is 8.42 Å². The summed E-state index contributed by atoms with van der Waals surface area (Å²) in [6.45, 7) is 4.41. The summed E-state index contributed by atoms with van der Waals surface area (Å²) in [5.41, 5.74) is 1.54. The molecule has 1 aromatic carbocycles. The molecule has 0 N–H and O–H groups in total. The lowest BCUT2D eigenvalue weighted by atomic mass is 9.82. The molecule has 3 heterocycles. The molecule has 144 valence electrons. The molecule has 1 fully saturated rings. The van der Waals surface area contributed by atoms with Gasteiger partial charge in [0.05, 0.1) is 12.0 Å². The largest absolute Gasteiger partial charge is 0.486 e. The van der Waals surface area contributed by atoms with Crippen LogP contribution < -0.4 is 4.74 Å². The van der Waals surface area contributed by atoms with E-state index >= 15 is 0 Å². The number of Topliss-reactive ketones (excluding diaryl/α,β-unsaturated/α-hetero) is 1. The van der Waals surface area contributed by atoms with E-state index in [4.69, 9.17) is 16.3 Å². The quantitative estimate of drug-likeness (QED) is 0.723. The van der Waals surface area contributed by atoms with Crippen molar-refractivity contribution in [3.05, 3.63) is 45.3 Å². The molecule has 4 rings (SSSR count). The van der Waals surface area contributed by atoms with Crippen LogP contribution in [0.1, 0.15) is 40.7 Å². The van der Waals surface area contributed by atoms with Crippen LogP contribution in [0.5, 0.6) is 5.75 Å². The van der Waals surface area contributed by atoms with Gasteiger partial charge in [0, 0.05) is 31.0 Å². The normalized spacial score (nSPS) is 19.7. The first-order valence-corrected chi connectivity index (χ1v) is 11.5. The van der Waals surface area contributed by atoms with E-state index < -0.39 is 15.6 Å². The first-order valence-electron chi connectivity index (χ1n) is 8.79. The van der Waals surface area contributed by atoms with Crippen LogP contribution in [0.3, 0.4) is 0 Å². The Morgan fingerprint density at radius 3 is 2.59 bits per heavy atom. The Balaban J connectivity index is 1.59. The van der Waals surface area contributed by atoms with Crippen molar-refractivity contribution in [1.82, 2.24) is 4.31 Å². The lowest BCUT2D eigenvalue weighted by Gasteiger charge is -2.43. The fourth-order valence-electron chi connectivity index (χ4n) is 3.95. The number of ether oxygens (including phenoxy) is 1. The average molecular weight is 426 g/mol. The summed E-state index contributed by atoms with van der Waals surface area (Å²) in [5.74, 6) is 0.588. The van der Waals surface area contributed by atoms with Crippen molar-refractivity contribution in [3.63, 3.8) is 0 Å². The van der Waals surface area contributed by atoms with E-state index in [9.17, 15) is 13.2 Å². The summed E-state index contributed by atoms with van der Waals surface area (Å²) in [6.07, 6.45) is 1.24. The van der Waals surface area contributed by atoms with E-state index in [1.54, 1.807) is 17.5 Å². The second-order valence-corrected chi connectivity index (χ2v) is 10.7. The standard InChI is InChI=1S/C19H20ClNO4S2/c1-12-10-15-17(13(2)18(12)20)14(22)11-19(25-15)5-7-21(8-6-19)27(23,24)16-4-3-9-26-16/h3-4,9-10H,5-8,11H2,1-2H3. The van der Waals surface area contributed by atoms with Crippen molar-refractivity contribution < 1.29 is 17.9 Å². The Morgan fingerprint density at radius 1 is 1.26 bits per heavy atom. The highest BCUT2D eigenvalue weighted by atomic mass is 35.5. The third-order valence-corrected chi connectivity index (χ3v) is 9.31. The lowest BCUT2D eigenvalue weighted by molar-refractivity contribution is 0.00581. The van der Waals surface area contributed by atoms with Crippen LogP contribution in [-0.4, -0.2) is 37.2 Å². The van der Waals surface area contributed by atoms with Crippen LogP contribution in [-0.2, 0) is 10.0 Å². The highest BCUT2D eigenvalue weighted by Crippen LogP contribution is 2.43. The number of rotatable bonds is 2. The Bertz CT molecular complexity index is 1010. The summed E-state index contributed by atoms with van der Waals surface area (Å²) < 4.78 is 33.6. The molecule has 0 radical (unpaired) electrons. The zero-order valence-electron chi connectivity index (χ0n) is 15.1. The Hall–Kier alpha value is -1.41. The third kappa shape index (κ3) is 3.10. The molecule has 2 aliphatic heterocycles. The number of thiophene rings is 1. The van der Waals surface area contributed by atoms with E-state index in [-0.39, 0.29) is 12.2 Å². The SMILES string of the molecule is Cc1cc2c(c(C)c1Cl)C(=O)CC1(CCN(S(=O)(=O)c3cccs3)CC1)O2. The molecule has 0 amide bonds. The van der Waals surface area contributed by atoms with E-state index in [1.807, 2.05) is 19.9 Å². The second-order valence-electron chi connectivity index (χ2n) is 7.23. The summed E-state index contributed by atoms with van der Waals surface area (Å²) >= 11 is 7.51. The molecular formula is C19H20ClNO4S2. The van der Waals surface area contributed by atoms with Gasteiger partial charge in [0.25, 0.3) is 10.0 Å². The van der Waals surface area contributed by atoms with Gasteiger partial charge in [0.1, 0.15) is 15.6 Å². The third-order valence-electron chi connectivity index (χ3n) is 5.46. The summed E-state index contributed by atoms with van der Waals surface area (Å²) in [7, 11) is -3.47. The number of sulfonamides is 1. The number of halogens is 1. The van der Waals surface area contributed by atoms with Gasteiger partial charge in [-0.05, 0) is 42.5 Å². The van der Waals surface area contributed by atoms with E-state index in [0.717, 1.165) is 11.1 Å². The monoisotopic (exact) mass is 425 g/mol. The zero-order chi connectivity index (χ0) is 19.4. The highest BCUT2D eigenvalue weighted by molar-refractivity contribution is 7.91. The highest BCUT2D eigenvalue weighted by Gasteiger charge is 2.45. The van der Waals surface area contributed by atoms with Crippen molar-refractivity contribution >= 4 is 38.7 Å². The topological polar surface area (TPSA) is 63.7 Å². The van der Waals surface area contributed by atoms with Crippen LogP contribution in [0.4, 0.5) is 0 Å². The molecule has 1 saturated heterocycles. The maximum Gasteiger partial charge on any atom is 0.252 e. The molecule has 5 nitrogen and oxygen atoms in total. The first kappa shape index (κ1) is 18.9. The first-order chi connectivity index (χ1) is 12.7. The maximum absolute atomic E-state index is 12.8. The molecule has 0 saturated carbocycles. The molecule has 27 heavy (non-hydrogen) atoms. The van der Waals surface area contributed by atoms with Crippen LogP contribution in [0.15, 0.2) is 27.8 Å². The zero-order valence-corrected chi connectivity index (χ0v) is 17.5. The van der Waals surface area contributed by atoms with E-state index in [1.165, 1.54) is 15.6 Å². The lowest BCUT2D eigenvalue weighted by Crippen LogP contribution is -2.52. The van der Waals surface area contributed by atoms with Gasteiger partial charge in [-0.1, -0.05) is 17.7 Å². The van der Waals surface area contributed by atoms with Crippen LogP contribution in [0.25, 0.3) is 0 Å². The fraction of sp³-hybridized carbons (Fsp3) is 0.421. The molecule has 0 atom stereocenters. The van der Waals surface area contributed by atoms with Crippen molar-refractivity contribution in [2.75, 3.05) is 13.1 Å². The number of fused-ring (bicyclic) bond motifs is 1. The number of ketones is 1. The number of piperidine rings is 1. The van der Waals surface area contributed by atoms with Gasteiger partial charge in [-0.3, -0.25) is 4.79 Å². The molecule has 2 aromatic rings. The molecule has 8 heteroatoms. The van der Waals surface area contributed by atoms with Crippen molar-refractivity contribution in [1.29, 1.82) is 0 Å². The molecule has 0 unspecified atom stereocenters. The molecule has 2 aliphatic rings. The van der Waals surface area contributed by atoms with E-state index in [2.05, 4.69) is 0 Å². The molecule has 1 aromatic heterocycles. The Kier molecular flexibility index (Phi) is 4.62. The number of carbonyl (C=O) groups excluding carboxylic acids is 1. The Labute approximate surface area is 168 Å². The smallest absolute Gasteiger partial charge is 0.252 e. The number of benzene rings is 1. The number of aryl methyl sites for hydroxylation is 1. The van der Waals surface area contributed by atoms with Gasteiger partial charge in [0.2, 0.25) is 0 Å². The molecule has 0 aliphatic carbocycles. The average Bonchev–Trinajstić information content (AvgIpc) is 3.15. The van der Waals surface area contributed by atoms with Crippen molar-refractivity contribution in [3.8, 4) is 5.75 Å². The molecular weight excluding hydrogens is 406 g/mol. The fourth-order valence-corrected chi connectivity index (χ4v) is 6.69. The van der Waals surface area contributed by atoms with Gasteiger partial charge < -0.3 is 4.74 Å². The predicted molar refractivity (Wildman–Crippen MR) is 106 cm³/mol. The van der Waals surface area contributed by atoms with Gasteiger partial charge in [0.15, 0.2) is 5.78 Å². The summed E-state index contributed by atoms with van der Waals surface area (Å²) in [5, 5.41) is 2.35. The summed E-state index contributed by atoms with van der Waals surface area (Å²) in [6, 6.07) is 5.17. The summed E-state index contributed by atoms with van der Waals surface area (Å²) in [4.78, 5) is 12.8. The van der Waals surface area contributed by atoms with E-state index in [0.29, 0.717) is 46.5 Å². The van der Waals surface area contributed by atoms with Crippen molar-refractivity contribution in [2.24, 2.45) is 0 Å². The van der Waals surface area contributed by atoms with Crippen molar-refractivity contribution in [2.45, 2.75) is 42.9 Å². The second kappa shape index (κ2) is 6.58. The predicted octanol–water partition coefficient (Wildman–Crippen LogP) is 4.21. The minimum Gasteiger partial charge on any atom is -0.486 e. The maximum atomic E-state index is 12.8. The molecule has 1 spiro atoms. The van der Waals surface area contributed by atoms with Gasteiger partial charge in [-0.2, -0.15) is 4.31 Å². The van der Waals surface area contributed by atoms with Crippen LogP contribution in [0, 0.1) is 13.8 Å². The van der Waals surface area contributed by atoms with Crippen LogP contribution >= 0.6 is 22.9 Å². The number of hydrogen-bond donors (Lipinski definition) is 0. The van der Waals surface area contributed by atoms with Gasteiger partial charge in [-0.15, -0.1) is 11.3 Å². The van der Waals surface area contributed by atoms with Crippen LogP contribution in [0.2, 0.25) is 5.02 Å². The Morgan fingerprint density at radius 2 is 1.96 bits per heavy atom.